The zero-order chi connectivity index (χ0) is 24.1. The third-order valence-electron chi connectivity index (χ3n) is 7.93. The van der Waals surface area contributed by atoms with Crippen LogP contribution >= 0.6 is 0 Å². The molecule has 1 N–H and O–H groups in total. The summed E-state index contributed by atoms with van der Waals surface area (Å²) >= 11 is 0. The molecule has 6 rings (SSSR count). The van der Waals surface area contributed by atoms with Crippen molar-refractivity contribution in [3.63, 3.8) is 0 Å². The van der Waals surface area contributed by atoms with Gasteiger partial charge in [-0.1, -0.05) is 19.9 Å². The van der Waals surface area contributed by atoms with Crippen molar-refractivity contribution < 1.29 is 43.4 Å². The van der Waals surface area contributed by atoms with Gasteiger partial charge >= 0.3 is 11.9 Å². The van der Waals surface area contributed by atoms with Crippen molar-refractivity contribution in [3.8, 4) is 11.5 Å². The van der Waals surface area contributed by atoms with E-state index in [0.29, 0.717) is 11.7 Å². The van der Waals surface area contributed by atoms with Crippen molar-refractivity contribution in [2.75, 3.05) is 0 Å². The Labute approximate surface area is 198 Å². The lowest BCUT2D eigenvalue weighted by Gasteiger charge is -2.60. The molecule has 5 fully saturated rings. The van der Waals surface area contributed by atoms with Gasteiger partial charge in [0.15, 0.2) is 11.9 Å². The lowest BCUT2D eigenvalue weighted by molar-refractivity contribution is -0.575. The first-order valence-corrected chi connectivity index (χ1v) is 12.1. The summed E-state index contributed by atoms with van der Waals surface area (Å²) in [7, 11) is 0. The van der Waals surface area contributed by atoms with Gasteiger partial charge in [0.25, 0.3) is 0 Å². The maximum Gasteiger partial charge on any atom is 0.311 e. The zero-order valence-electron chi connectivity index (χ0n) is 19.7. The van der Waals surface area contributed by atoms with E-state index >= 15 is 0 Å². The van der Waals surface area contributed by atoms with Crippen LogP contribution in [0.25, 0.3) is 0 Å². The molecule has 4 saturated heterocycles. The monoisotopic (exact) mass is 476 g/mol. The van der Waals surface area contributed by atoms with E-state index in [4.69, 9.17) is 33.8 Å². The Bertz CT molecular complexity index is 950. The molecule has 3 unspecified atom stereocenters. The molecule has 2 bridgehead atoms. The van der Waals surface area contributed by atoms with Gasteiger partial charge in [-0.05, 0) is 50.2 Å². The molecule has 1 aromatic rings. The largest absolute Gasteiger partial charge is 0.481 e. The highest BCUT2D eigenvalue weighted by Crippen LogP contribution is 2.60. The summed E-state index contributed by atoms with van der Waals surface area (Å²) in [6.45, 7) is 6.26. The van der Waals surface area contributed by atoms with Crippen molar-refractivity contribution in [2.24, 2.45) is 23.7 Å². The Morgan fingerprint density at radius 2 is 1.88 bits per heavy atom. The number of hydrogen-bond donors (Lipinski definition) is 1. The van der Waals surface area contributed by atoms with E-state index in [9.17, 15) is 9.59 Å². The number of ether oxygens (including phenoxy) is 4. The van der Waals surface area contributed by atoms with Crippen LogP contribution in [0.1, 0.15) is 59.3 Å². The average molecular weight is 477 g/mol. The van der Waals surface area contributed by atoms with Gasteiger partial charge in [0.2, 0.25) is 12.1 Å². The molecular weight excluding hydrogens is 444 g/mol. The summed E-state index contributed by atoms with van der Waals surface area (Å²) in [6.07, 6.45) is 2.09. The van der Waals surface area contributed by atoms with E-state index in [2.05, 4.69) is 13.8 Å². The number of carboxylic acids is 1. The van der Waals surface area contributed by atoms with Crippen LogP contribution in [0.4, 0.5) is 0 Å². The second-order valence-electron chi connectivity index (χ2n) is 10.2. The molecule has 1 aromatic carbocycles. The number of hydrogen-bond acceptors (Lipinski definition) is 8. The highest BCUT2D eigenvalue weighted by Gasteiger charge is 2.69. The predicted octanol–water partition coefficient (Wildman–Crippen LogP) is 4.04. The summed E-state index contributed by atoms with van der Waals surface area (Å²) in [5.41, 5.74) is -0.658. The molecule has 4 heterocycles. The molecule has 9 heteroatoms. The van der Waals surface area contributed by atoms with Gasteiger partial charge in [-0.25, -0.2) is 9.78 Å². The van der Waals surface area contributed by atoms with Crippen LogP contribution < -0.4 is 9.47 Å². The summed E-state index contributed by atoms with van der Waals surface area (Å²) in [6, 6.07) is 6.70. The summed E-state index contributed by atoms with van der Waals surface area (Å²) < 4.78 is 24.3. The second kappa shape index (κ2) is 8.78. The van der Waals surface area contributed by atoms with Gasteiger partial charge in [0.1, 0.15) is 11.5 Å². The van der Waals surface area contributed by atoms with Gasteiger partial charge in [-0.3, -0.25) is 9.59 Å². The van der Waals surface area contributed by atoms with Gasteiger partial charge < -0.3 is 24.1 Å². The fraction of sp³-hybridized carbons (Fsp3) is 0.680. The van der Waals surface area contributed by atoms with Gasteiger partial charge in [0.05, 0.1) is 12.8 Å². The first kappa shape index (κ1) is 23.5. The van der Waals surface area contributed by atoms with Gasteiger partial charge in [0, 0.05) is 24.3 Å². The quantitative estimate of drug-likeness (QED) is 0.369. The standard InChI is InChI=1S/C25H32O9/c1-14-7-8-19-15(2)22(31-23-25(19)18(14)11-12-24(3,32-23)33-34-25)30-17-6-4-5-16(13-17)29-21(28)10-9-20(26)27/h4-6,13-15,18-19,22-23H,7-12H2,1-3H3,(H,26,27)/t14-,15-,18?,19?,22+,23+,24?,25-/m1/s1. The molecule has 8 atom stereocenters. The molecule has 4 aliphatic heterocycles. The fourth-order valence-corrected chi connectivity index (χ4v) is 6.14. The molecule has 0 amide bonds. The Hall–Kier alpha value is -2.20. The Balaban J connectivity index is 1.34. The third kappa shape index (κ3) is 4.08. The number of carbonyl (C=O) groups excluding carboxylic acids is 1. The Kier molecular flexibility index (Phi) is 6.08. The maximum absolute atomic E-state index is 11.9. The minimum absolute atomic E-state index is 0.00248. The van der Waals surface area contributed by atoms with E-state index in [1.54, 1.807) is 24.3 Å². The topological polar surface area (TPSA) is 110 Å². The smallest absolute Gasteiger partial charge is 0.311 e. The predicted molar refractivity (Wildman–Crippen MR) is 116 cm³/mol. The molecule has 0 radical (unpaired) electrons. The van der Waals surface area contributed by atoms with Crippen molar-refractivity contribution >= 4 is 11.9 Å². The van der Waals surface area contributed by atoms with Crippen LogP contribution in [0.5, 0.6) is 11.5 Å². The number of aliphatic carboxylic acids is 1. The summed E-state index contributed by atoms with van der Waals surface area (Å²) in [4.78, 5) is 34.6. The summed E-state index contributed by atoms with van der Waals surface area (Å²) in [5.74, 6) is -0.851. The molecule has 1 aliphatic carbocycles. The minimum Gasteiger partial charge on any atom is -0.481 e. The van der Waals surface area contributed by atoms with Gasteiger partial charge in [-0.2, -0.15) is 0 Å². The normalized spacial score (nSPS) is 40.7. The van der Waals surface area contributed by atoms with Crippen LogP contribution in [0.15, 0.2) is 24.3 Å². The van der Waals surface area contributed by atoms with Crippen LogP contribution in [-0.4, -0.2) is 41.0 Å². The van der Waals surface area contributed by atoms with E-state index < -0.39 is 35.9 Å². The Morgan fingerprint density at radius 1 is 1.09 bits per heavy atom. The number of benzene rings is 1. The number of carboxylic acid groups (broad SMARTS) is 1. The van der Waals surface area contributed by atoms with Gasteiger partial charge in [-0.15, -0.1) is 0 Å². The Morgan fingerprint density at radius 3 is 2.68 bits per heavy atom. The lowest BCUT2D eigenvalue weighted by Crippen LogP contribution is -2.70. The number of rotatable bonds is 6. The maximum atomic E-state index is 11.9. The van der Waals surface area contributed by atoms with E-state index in [-0.39, 0.29) is 36.3 Å². The molecule has 34 heavy (non-hydrogen) atoms. The van der Waals surface area contributed by atoms with Crippen molar-refractivity contribution in [3.05, 3.63) is 24.3 Å². The van der Waals surface area contributed by atoms with Crippen molar-refractivity contribution in [2.45, 2.75) is 83.3 Å². The van der Waals surface area contributed by atoms with Crippen LogP contribution in [0, 0.1) is 23.7 Å². The SMILES string of the molecule is C[C@@H]1CCC2[C@@H](C)[C@@H](Oc3cccc(OC(=O)CCC(=O)O)c3)O[C@H]3OC4(C)CCC1[C@@]23OO4. The first-order chi connectivity index (χ1) is 16.2. The zero-order valence-corrected chi connectivity index (χ0v) is 19.7. The minimum atomic E-state index is -1.05. The second-order valence-corrected chi connectivity index (χ2v) is 10.2. The van der Waals surface area contributed by atoms with Crippen molar-refractivity contribution in [1.29, 1.82) is 0 Å². The fourth-order valence-electron chi connectivity index (χ4n) is 6.14. The number of esters is 1. The highest BCUT2D eigenvalue weighted by molar-refractivity contribution is 5.78. The lowest BCUT2D eigenvalue weighted by atomic mass is 9.58. The molecule has 1 saturated carbocycles. The molecule has 1 spiro atoms. The molecule has 186 valence electrons. The summed E-state index contributed by atoms with van der Waals surface area (Å²) in [5, 5.41) is 8.74. The van der Waals surface area contributed by atoms with E-state index in [1.807, 2.05) is 6.92 Å². The van der Waals surface area contributed by atoms with E-state index in [0.717, 1.165) is 25.7 Å². The van der Waals surface area contributed by atoms with Crippen LogP contribution in [0.2, 0.25) is 0 Å². The highest BCUT2D eigenvalue weighted by atomic mass is 17.3. The van der Waals surface area contributed by atoms with Crippen LogP contribution in [-0.2, 0) is 28.8 Å². The van der Waals surface area contributed by atoms with Crippen molar-refractivity contribution in [1.82, 2.24) is 0 Å². The molecular formula is C25H32O9. The first-order valence-electron chi connectivity index (χ1n) is 12.1. The molecule has 9 nitrogen and oxygen atoms in total. The van der Waals surface area contributed by atoms with Crippen LogP contribution in [0.3, 0.4) is 0 Å². The number of carbonyl (C=O) groups is 2. The molecule has 0 aromatic heterocycles. The average Bonchev–Trinajstić information content (AvgIpc) is 3.02. The number of fused-ring (bicyclic) bond motifs is 2. The molecule has 5 aliphatic rings. The van der Waals surface area contributed by atoms with E-state index in [1.165, 1.54) is 0 Å². The third-order valence-corrected chi connectivity index (χ3v) is 7.93.